The lowest BCUT2D eigenvalue weighted by atomic mass is 10.0. The number of carbonyl (C=O) groups is 1. The number of carbonyl (C=O) groups excluding carboxylic acids is 1. The largest absolute Gasteiger partial charge is 0.338 e. The Morgan fingerprint density at radius 3 is 2.57 bits per heavy atom. The van der Waals surface area contributed by atoms with Gasteiger partial charge in [0, 0.05) is 37.3 Å². The third-order valence-electron chi connectivity index (χ3n) is 5.27. The van der Waals surface area contributed by atoms with Gasteiger partial charge in [0.1, 0.15) is 0 Å². The molecule has 0 radical (unpaired) electrons. The van der Waals surface area contributed by atoms with Crippen LogP contribution in [-0.4, -0.2) is 28.9 Å². The fourth-order valence-corrected chi connectivity index (χ4v) is 3.48. The molecule has 0 unspecified atom stereocenters. The van der Waals surface area contributed by atoms with Gasteiger partial charge in [-0.2, -0.15) is 0 Å². The lowest BCUT2D eigenvalue weighted by Gasteiger charge is -2.24. The molecule has 3 nitrogen and oxygen atoms in total. The summed E-state index contributed by atoms with van der Waals surface area (Å²) in [6.45, 7) is 3.71. The van der Waals surface area contributed by atoms with Crippen LogP contribution in [0.2, 0.25) is 0 Å². The van der Waals surface area contributed by atoms with Crippen LogP contribution in [0.1, 0.15) is 56.7 Å². The highest BCUT2D eigenvalue weighted by Gasteiger charge is 2.33. The molecule has 0 saturated heterocycles. The zero-order valence-corrected chi connectivity index (χ0v) is 17.0. The van der Waals surface area contributed by atoms with Crippen LogP contribution >= 0.6 is 0 Å². The maximum atomic E-state index is 12.9. The number of rotatable bonds is 11. The van der Waals surface area contributed by atoms with E-state index in [1.807, 2.05) is 30.5 Å². The highest BCUT2D eigenvalue weighted by Crippen LogP contribution is 2.31. The minimum absolute atomic E-state index is 0.248. The molecule has 3 rings (SSSR count). The van der Waals surface area contributed by atoms with Gasteiger partial charge in [-0.15, -0.1) is 0 Å². The SMILES string of the molecule is CCCCCC(=Cc1ccccc1)CN(CCc1ccccn1)C(=O)C1CC1. The summed E-state index contributed by atoms with van der Waals surface area (Å²) < 4.78 is 0. The quantitative estimate of drug-likeness (QED) is 0.483. The first-order chi connectivity index (χ1) is 13.8. The van der Waals surface area contributed by atoms with Crippen LogP contribution in [-0.2, 0) is 11.2 Å². The lowest BCUT2D eigenvalue weighted by Crippen LogP contribution is -2.35. The van der Waals surface area contributed by atoms with Crippen molar-refractivity contribution in [2.24, 2.45) is 5.92 Å². The van der Waals surface area contributed by atoms with E-state index >= 15 is 0 Å². The van der Waals surface area contributed by atoms with Crippen LogP contribution in [0.3, 0.4) is 0 Å². The van der Waals surface area contributed by atoms with Crippen LogP contribution < -0.4 is 0 Å². The summed E-state index contributed by atoms with van der Waals surface area (Å²) in [6, 6.07) is 16.5. The van der Waals surface area contributed by atoms with Gasteiger partial charge in [0.2, 0.25) is 5.91 Å². The van der Waals surface area contributed by atoms with E-state index in [4.69, 9.17) is 0 Å². The molecule has 148 valence electrons. The third-order valence-corrected chi connectivity index (χ3v) is 5.27. The maximum Gasteiger partial charge on any atom is 0.225 e. The first-order valence-corrected chi connectivity index (χ1v) is 10.7. The number of unbranched alkanes of at least 4 members (excludes halogenated alkanes) is 2. The summed E-state index contributed by atoms with van der Waals surface area (Å²) in [5.74, 6) is 0.572. The summed E-state index contributed by atoms with van der Waals surface area (Å²) in [5, 5.41) is 0. The minimum atomic E-state index is 0.248. The van der Waals surface area contributed by atoms with E-state index in [-0.39, 0.29) is 5.92 Å². The molecule has 1 heterocycles. The molecule has 0 atom stereocenters. The van der Waals surface area contributed by atoms with Gasteiger partial charge < -0.3 is 4.90 Å². The summed E-state index contributed by atoms with van der Waals surface area (Å²) in [6.07, 6.45) is 11.7. The van der Waals surface area contributed by atoms with Crippen LogP contribution in [0.5, 0.6) is 0 Å². The second kappa shape index (κ2) is 10.8. The van der Waals surface area contributed by atoms with Crippen molar-refractivity contribution in [3.8, 4) is 0 Å². The second-order valence-corrected chi connectivity index (χ2v) is 7.78. The van der Waals surface area contributed by atoms with Gasteiger partial charge in [-0.05, 0) is 43.4 Å². The molecule has 1 saturated carbocycles. The lowest BCUT2D eigenvalue weighted by molar-refractivity contribution is -0.132. The Hall–Kier alpha value is -2.42. The molecule has 1 fully saturated rings. The molecule has 1 aliphatic carbocycles. The number of aromatic nitrogens is 1. The molecular weight excluding hydrogens is 344 g/mol. The van der Waals surface area contributed by atoms with Gasteiger partial charge in [0.25, 0.3) is 0 Å². The zero-order chi connectivity index (χ0) is 19.6. The fourth-order valence-electron chi connectivity index (χ4n) is 3.48. The standard InChI is InChI=1S/C25H32N2O/c1-2-3-5-12-22(19-21-10-6-4-7-11-21)20-27(25(28)23-14-15-23)18-16-24-13-8-9-17-26-24/h4,6-11,13,17,19,23H,2-3,5,12,14-16,18,20H2,1H3. The minimum Gasteiger partial charge on any atom is -0.338 e. The summed E-state index contributed by atoms with van der Waals surface area (Å²) >= 11 is 0. The van der Waals surface area contributed by atoms with Crippen LogP contribution in [0.4, 0.5) is 0 Å². The van der Waals surface area contributed by atoms with Crippen molar-refractivity contribution in [3.63, 3.8) is 0 Å². The Balaban J connectivity index is 1.71. The van der Waals surface area contributed by atoms with Crippen molar-refractivity contribution in [2.45, 2.75) is 51.9 Å². The Kier molecular flexibility index (Phi) is 7.83. The van der Waals surface area contributed by atoms with E-state index in [0.29, 0.717) is 5.91 Å². The smallest absolute Gasteiger partial charge is 0.225 e. The molecule has 0 aliphatic heterocycles. The predicted octanol–water partition coefficient (Wildman–Crippen LogP) is 5.53. The monoisotopic (exact) mass is 376 g/mol. The summed E-state index contributed by atoms with van der Waals surface area (Å²) in [4.78, 5) is 19.4. The highest BCUT2D eigenvalue weighted by molar-refractivity contribution is 5.81. The number of pyridine rings is 1. The molecular formula is C25H32N2O. The number of nitrogens with zero attached hydrogens (tertiary/aromatic N) is 2. The first kappa shape index (κ1) is 20.3. The van der Waals surface area contributed by atoms with Gasteiger partial charge in [0.05, 0.1) is 0 Å². The molecule has 28 heavy (non-hydrogen) atoms. The second-order valence-electron chi connectivity index (χ2n) is 7.78. The summed E-state index contributed by atoms with van der Waals surface area (Å²) in [5.41, 5.74) is 3.63. The van der Waals surface area contributed by atoms with Crippen molar-refractivity contribution in [3.05, 3.63) is 71.6 Å². The number of benzene rings is 1. The van der Waals surface area contributed by atoms with Gasteiger partial charge in [-0.3, -0.25) is 9.78 Å². The normalized spacial score (nSPS) is 14.1. The van der Waals surface area contributed by atoms with Crippen molar-refractivity contribution in [1.82, 2.24) is 9.88 Å². The Morgan fingerprint density at radius 2 is 1.89 bits per heavy atom. The molecule has 1 aliphatic rings. The van der Waals surface area contributed by atoms with Gasteiger partial charge in [0.15, 0.2) is 0 Å². The molecule has 0 bridgehead atoms. The molecule has 1 aromatic heterocycles. The van der Waals surface area contributed by atoms with Crippen LogP contribution in [0, 0.1) is 5.92 Å². The van der Waals surface area contributed by atoms with Crippen LogP contribution in [0.15, 0.2) is 60.3 Å². The average Bonchev–Trinajstić information content (AvgIpc) is 3.57. The Labute approximate surface area is 169 Å². The van der Waals surface area contributed by atoms with Gasteiger partial charge in [-0.25, -0.2) is 0 Å². The van der Waals surface area contributed by atoms with Crippen molar-refractivity contribution >= 4 is 12.0 Å². The topological polar surface area (TPSA) is 33.2 Å². The van der Waals surface area contributed by atoms with Crippen molar-refractivity contribution in [1.29, 1.82) is 0 Å². The molecule has 3 heteroatoms. The molecule has 0 spiro atoms. The fraction of sp³-hybridized carbons (Fsp3) is 0.440. The van der Waals surface area contributed by atoms with E-state index in [9.17, 15) is 4.79 Å². The number of hydrogen-bond donors (Lipinski definition) is 0. The Bertz CT molecular complexity index is 751. The van der Waals surface area contributed by atoms with E-state index in [1.165, 1.54) is 30.4 Å². The van der Waals surface area contributed by atoms with E-state index < -0.39 is 0 Å². The number of amides is 1. The third kappa shape index (κ3) is 6.63. The molecule has 1 amide bonds. The van der Waals surface area contributed by atoms with Gasteiger partial charge in [-0.1, -0.05) is 67.8 Å². The van der Waals surface area contributed by atoms with Gasteiger partial charge >= 0.3 is 0 Å². The molecule has 2 aromatic rings. The molecule has 0 N–H and O–H groups in total. The summed E-state index contributed by atoms with van der Waals surface area (Å²) in [7, 11) is 0. The highest BCUT2D eigenvalue weighted by atomic mass is 16.2. The first-order valence-electron chi connectivity index (χ1n) is 10.7. The van der Waals surface area contributed by atoms with E-state index in [0.717, 1.165) is 44.5 Å². The Morgan fingerprint density at radius 1 is 1.11 bits per heavy atom. The van der Waals surface area contributed by atoms with E-state index in [2.05, 4.69) is 47.1 Å². The average molecular weight is 377 g/mol. The van der Waals surface area contributed by atoms with Crippen molar-refractivity contribution in [2.75, 3.05) is 13.1 Å². The zero-order valence-electron chi connectivity index (χ0n) is 17.0. The molecule has 1 aromatic carbocycles. The van der Waals surface area contributed by atoms with Crippen LogP contribution in [0.25, 0.3) is 6.08 Å². The number of hydrogen-bond acceptors (Lipinski definition) is 2. The predicted molar refractivity (Wildman–Crippen MR) is 116 cm³/mol. The maximum absolute atomic E-state index is 12.9. The van der Waals surface area contributed by atoms with Crippen molar-refractivity contribution < 1.29 is 4.79 Å². The van der Waals surface area contributed by atoms with E-state index in [1.54, 1.807) is 0 Å².